The first kappa shape index (κ1) is 19.5. The van der Waals surface area contributed by atoms with Gasteiger partial charge in [0.05, 0.1) is 0 Å². The SMILES string of the molecule is CCNC(=O)NC1(C(=O)NCc2ccc3c(c2)CNC3)CCCC1.Cl. The number of hydrogen-bond acceptors (Lipinski definition) is 3. The zero-order valence-electron chi connectivity index (χ0n) is 14.6. The van der Waals surface area contributed by atoms with Crippen LogP contribution in [-0.2, 0) is 24.4 Å². The van der Waals surface area contributed by atoms with Crippen molar-refractivity contribution >= 4 is 24.3 Å². The molecule has 138 valence electrons. The number of rotatable bonds is 5. The van der Waals surface area contributed by atoms with Crippen LogP contribution in [0.3, 0.4) is 0 Å². The van der Waals surface area contributed by atoms with Gasteiger partial charge in [0.2, 0.25) is 5.91 Å². The van der Waals surface area contributed by atoms with Gasteiger partial charge in [0.15, 0.2) is 0 Å². The molecule has 0 aromatic heterocycles. The third-order valence-corrected chi connectivity index (χ3v) is 4.94. The molecule has 1 aliphatic carbocycles. The van der Waals surface area contributed by atoms with Gasteiger partial charge >= 0.3 is 6.03 Å². The van der Waals surface area contributed by atoms with E-state index >= 15 is 0 Å². The molecule has 4 N–H and O–H groups in total. The summed E-state index contributed by atoms with van der Waals surface area (Å²) in [6.07, 6.45) is 3.32. The van der Waals surface area contributed by atoms with Crippen LogP contribution in [0.15, 0.2) is 18.2 Å². The molecule has 3 amide bonds. The number of urea groups is 1. The predicted octanol–water partition coefficient (Wildman–Crippen LogP) is 1.96. The molecule has 0 atom stereocenters. The molecule has 1 aromatic carbocycles. The van der Waals surface area contributed by atoms with Crippen molar-refractivity contribution in [1.29, 1.82) is 0 Å². The molecule has 0 unspecified atom stereocenters. The molecule has 2 aliphatic rings. The summed E-state index contributed by atoms with van der Waals surface area (Å²) in [4.78, 5) is 24.6. The molecule has 0 spiro atoms. The van der Waals surface area contributed by atoms with Crippen LogP contribution in [0.5, 0.6) is 0 Å². The van der Waals surface area contributed by atoms with Crippen molar-refractivity contribution in [2.24, 2.45) is 0 Å². The third-order valence-electron chi connectivity index (χ3n) is 4.94. The number of benzene rings is 1. The lowest BCUT2D eigenvalue weighted by molar-refractivity contribution is -0.127. The largest absolute Gasteiger partial charge is 0.350 e. The normalized spacial score (nSPS) is 17.3. The first-order valence-corrected chi connectivity index (χ1v) is 8.79. The molecule has 0 radical (unpaired) electrons. The lowest BCUT2D eigenvalue weighted by atomic mass is 9.96. The average molecular weight is 367 g/mol. The second-order valence-corrected chi connectivity index (χ2v) is 6.66. The Bertz CT molecular complexity index is 630. The van der Waals surface area contributed by atoms with E-state index in [1.165, 1.54) is 11.1 Å². The Morgan fingerprint density at radius 1 is 1.12 bits per heavy atom. The van der Waals surface area contributed by atoms with Crippen LogP contribution in [0.1, 0.15) is 49.3 Å². The molecule has 1 saturated carbocycles. The summed E-state index contributed by atoms with van der Waals surface area (Å²) in [7, 11) is 0. The van der Waals surface area contributed by atoms with E-state index in [0.717, 1.165) is 31.5 Å². The molecular formula is C18H27ClN4O2. The van der Waals surface area contributed by atoms with Gasteiger partial charge in [0, 0.05) is 26.2 Å². The summed E-state index contributed by atoms with van der Waals surface area (Å²) in [6, 6.07) is 6.06. The van der Waals surface area contributed by atoms with Crippen molar-refractivity contribution in [3.05, 3.63) is 34.9 Å². The van der Waals surface area contributed by atoms with E-state index in [9.17, 15) is 9.59 Å². The van der Waals surface area contributed by atoms with E-state index in [-0.39, 0.29) is 24.3 Å². The maximum Gasteiger partial charge on any atom is 0.315 e. The highest BCUT2D eigenvalue weighted by Crippen LogP contribution is 2.30. The van der Waals surface area contributed by atoms with Crippen LogP contribution in [0.25, 0.3) is 0 Å². The Labute approximate surface area is 154 Å². The van der Waals surface area contributed by atoms with Crippen molar-refractivity contribution in [2.75, 3.05) is 6.54 Å². The first-order chi connectivity index (χ1) is 11.6. The minimum absolute atomic E-state index is 0. The van der Waals surface area contributed by atoms with Gasteiger partial charge in [0.25, 0.3) is 0 Å². The van der Waals surface area contributed by atoms with Crippen LogP contribution < -0.4 is 21.3 Å². The smallest absolute Gasteiger partial charge is 0.315 e. The maximum atomic E-state index is 12.7. The van der Waals surface area contributed by atoms with Crippen LogP contribution in [0, 0.1) is 0 Å². The van der Waals surface area contributed by atoms with Gasteiger partial charge in [-0.05, 0) is 36.5 Å². The highest BCUT2D eigenvalue weighted by molar-refractivity contribution is 5.91. The number of halogens is 1. The molecule has 0 bridgehead atoms. The monoisotopic (exact) mass is 366 g/mol. The highest BCUT2D eigenvalue weighted by atomic mass is 35.5. The molecular weight excluding hydrogens is 340 g/mol. The lowest BCUT2D eigenvalue weighted by Gasteiger charge is -2.29. The third kappa shape index (κ3) is 4.44. The van der Waals surface area contributed by atoms with Gasteiger partial charge in [0.1, 0.15) is 5.54 Å². The van der Waals surface area contributed by atoms with E-state index in [0.29, 0.717) is 25.9 Å². The molecule has 7 heteroatoms. The highest BCUT2D eigenvalue weighted by Gasteiger charge is 2.42. The molecule has 1 aromatic rings. The summed E-state index contributed by atoms with van der Waals surface area (Å²) in [6.45, 7) is 4.71. The molecule has 1 heterocycles. The van der Waals surface area contributed by atoms with Gasteiger partial charge < -0.3 is 21.3 Å². The van der Waals surface area contributed by atoms with Crippen LogP contribution in [0.4, 0.5) is 4.79 Å². The Morgan fingerprint density at radius 3 is 2.56 bits per heavy atom. The van der Waals surface area contributed by atoms with E-state index in [1.807, 2.05) is 6.92 Å². The molecule has 6 nitrogen and oxygen atoms in total. The fourth-order valence-electron chi connectivity index (χ4n) is 3.62. The molecule has 1 aliphatic heterocycles. The first-order valence-electron chi connectivity index (χ1n) is 8.79. The summed E-state index contributed by atoms with van der Waals surface area (Å²) in [5.74, 6) is -0.0788. The van der Waals surface area contributed by atoms with Crippen molar-refractivity contribution < 1.29 is 9.59 Å². The number of carbonyl (C=O) groups excluding carboxylic acids is 2. The number of carbonyl (C=O) groups is 2. The van der Waals surface area contributed by atoms with Crippen molar-refractivity contribution in [2.45, 2.75) is 57.8 Å². The van der Waals surface area contributed by atoms with Crippen molar-refractivity contribution in [3.63, 3.8) is 0 Å². The predicted molar refractivity (Wildman–Crippen MR) is 99.5 cm³/mol. The summed E-state index contributed by atoms with van der Waals surface area (Å²) < 4.78 is 0. The topological polar surface area (TPSA) is 82.3 Å². The lowest BCUT2D eigenvalue weighted by Crippen LogP contribution is -2.59. The minimum Gasteiger partial charge on any atom is -0.350 e. The van der Waals surface area contributed by atoms with Gasteiger partial charge in [-0.2, -0.15) is 0 Å². The van der Waals surface area contributed by atoms with Crippen molar-refractivity contribution in [3.8, 4) is 0 Å². The fraction of sp³-hybridized carbons (Fsp3) is 0.556. The van der Waals surface area contributed by atoms with Crippen LogP contribution in [0.2, 0.25) is 0 Å². The van der Waals surface area contributed by atoms with Gasteiger partial charge in [-0.3, -0.25) is 4.79 Å². The van der Waals surface area contributed by atoms with Crippen molar-refractivity contribution in [1.82, 2.24) is 21.3 Å². The Balaban J connectivity index is 0.00000225. The van der Waals surface area contributed by atoms with Gasteiger partial charge in [-0.15, -0.1) is 12.4 Å². The quantitative estimate of drug-likeness (QED) is 0.643. The average Bonchev–Trinajstić information content (AvgIpc) is 3.22. The minimum atomic E-state index is -0.766. The van der Waals surface area contributed by atoms with Crippen LogP contribution >= 0.6 is 12.4 Å². The number of hydrogen-bond donors (Lipinski definition) is 4. The molecule has 1 fully saturated rings. The standard InChI is InChI=1S/C18H26N4O2.ClH/c1-2-20-17(24)22-18(7-3-4-8-18)16(23)21-10-13-5-6-14-11-19-12-15(14)9-13;/h5-6,9,19H,2-4,7-8,10-12H2,1H3,(H,21,23)(H2,20,22,24);1H. The zero-order valence-corrected chi connectivity index (χ0v) is 15.4. The summed E-state index contributed by atoms with van der Waals surface area (Å²) in [5, 5.41) is 12.0. The van der Waals surface area contributed by atoms with Gasteiger partial charge in [-0.1, -0.05) is 31.0 Å². The molecule has 3 rings (SSSR count). The maximum absolute atomic E-state index is 12.7. The van der Waals surface area contributed by atoms with E-state index < -0.39 is 5.54 Å². The number of fused-ring (bicyclic) bond motifs is 1. The van der Waals surface area contributed by atoms with E-state index in [2.05, 4.69) is 39.5 Å². The van der Waals surface area contributed by atoms with E-state index in [4.69, 9.17) is 0 Å². The Morgan fingerprint density at radius 2 is 1.84 bits per heavy atom. The number of amides is 3. The Hall–Kier alpha value is -1.79. The Kier molecular flexibility index (Phi) is 6.67. The summed E-state index contributed by atoms with van der Waals surface area (Å²) in [5.41, 5.74) is 2.96. The van der Waals surface area contributed by atoms with E-state index in [1.54, 1.807) is 0 Å². The van der Waals surface area contributed by atoms with Gasteiger partial charge in [-0.25, -0.2) is 4.79 Å². The second-order valence-electron chi connectivity index (χ2n) is 6.66. The molecule has 0 saturated heterocycles. The zero-order chi connectivity index (χ0) is 17.0. The fourth-order valence-corrected chi connectivity index (χ4v) is 3.62. The second kappa shape index (κ2) is 8.54. The summed E-state index contributed by atoms with van der Waals surface area (Å²) >= 11 is 0. The number of nitrogens with one attached hydrogen (secondary N) is 4. The van der Waals surface area contributed by atoms with Crippen LogP contribution in [-0.4, -0.2) is 24.0 Å². The molecule has 25 heavy (non-hydrogen) atoms.